The van der Waals surface area contributed by atoms with Gasteiger partial charge in [0, 0.05) is 13.1 Å². The van der Waals surface area contributed by atoms with Crippen molar-refractivity contribution in [1.82, 2.24) is 9.88 Å². The number of nitrogens with zero attached hydrogens (tertiary/aromatic N) is 2. The van der Waals surface area contributed by atoms with Gasteiger partial charge >= 0.3 is 5.97 Å². The zero-order chi connectivity index (χ0) is 12.6. The van der Waals surface area contributed by atoms with E-state index in [-0.39, 0.29) is 24.1 Å². The maximum Gasteiger partial charge on any atom is 0.308 e. The van der Waals surface area contributed by atoms with Gasteiger partial charge in [0.1, 0.15) is 5.76 Å². The highest BCUT2D eigenvalue weighted by molar-refractivity contribution is 5.93. The van der Waals surface area contributed by atoms with Gasteiger partial charge in [0.2, 0.25) is 0 Å². The third-order valence-electron chi connectivity index (χ3n) is 3.16. The van der Waals surface area contributed by atoms with E-state index in [1.807, 2.05) is 6.92 Å². The molecule has 1 fully saturated rings. The Morgan fingerprint density at radius 2 is 2.24 bits per heavy atom. The summed E-state index contributed by atoms with van der Waals surface area (Å²) in [6.07, 6.45) is 1.22. The predicted octanol–water partition coefficient (Wildman–Crippen LogP) is 0.776. The number of carboxylic acids is 1. The van der Waals surface area contributed by atoms with Crippen molar-refractivity contribution in [3.8, 4) is 0 Å². The van der Waals surface area contributed by atoms with Crippen LogP contribution in [0.2, 0.25) is 0 Å². The molecule has 17 heavy (non-hydrogen) atoms. The minimum Gasteiger partial charge on any atom is -0.481 e. The van der Waals surface area contributed by atoms with Crippen molar-refractivity contribution in [2.45, 2.75) is 13.8 Å². The van der Waals surface area contributed by atoms with Crippen molar-refractivity contribution in [2.75, 3.05) is 13.1 Å². The molecule has 1 saturated heterocycles. The lowest BCUT2D eigenvalue weighted by atomic mass is 9.99. The van der Waals surface area contributed by atoms with Crippen LogP contribution >= 0.6 is 0 Å². The second-order valence-electron chi connectivity index (χ2n) is 4.39. The Morgan fingerprint density at radius 3 is 2.71 bits per heavy atom. The van der Waals surface area contributed by atoms with Crippen LogP contribution in [-0.4, -0.2) is 40.0 Å². The van der Waals surface area contributed by atoms with Crippen LogP contribution in [0.3, 0.4) is 0 Å². The average Bonchev–Trinajstić information content (AvgIpc) is 2.83. The second-order valence-corrected chi connectivity index (χ2v) is 4.39. The van der Waals surface area contributed by atoms with Gasteiger partial charge in [-0.3, -0.25) is 9.59 Å². The van der Waals surface area contributed by atoms with Crippen molar-refractivity contribution < 1.29 is 19.1 Å². The topological polar surface area (TPSA) is 83.6 Å². The van der Waals surface area contributed by atoms with Crippen LogP contribution in [0.4, 0.5) is 0 Å². The number of aliphatic carboxylic acids is 1. The van der Waals surface area contributed by atoms with Crippen LogP contribution < -0.4 is 0 Å². The first-order chi connectivity index (χ1) is 8.00. The van der Waals surface area contributed by atoms with Gasteiger partial charge in [-0.1, -0.05) is 6.92 Å². The molecule has 6 heteroatoms. The number of hydrogen-bond acceptors (Lipinski definition) is 4. The lowest BCUT2D eigenvalue weighted by Crippen LogP contribution is -2.30. The molecule has 0 aromatic carbocycles. The molecule has 1 aromatic rings. The fraction of sp³-hybridized carbons (Fsp3) is 0.545. The fourth-order valence-electron chi connectivity index (χ4n) is 2.11. The van der Waals surface area contributed by atoms with Crippen LogP contribution in [0.5, 0.6) is 0 Å². The van der Waals surface area contributed by atoms with Crippen molar-refractivity contribution in [1.29, 1.82) is 0 Å². The van der Waals surface area contributed by atoms with Gasteiger partial charge in [-0.25, -0.2) is 4.98 Å². The smallest absolute Gasteiger partial charge is 0.308 e. The second kappa shape index (κ2) is 4.20. The highest BCUT2D eigenvalue weighted by Crippen LogP contribution is 2.24. The lowest BCUT2D eigenvalue weighted by Gasteiger charge is -2.14. The molecule has 1 amide bonds. The van der Waals surface area contributed by atoms with E-state index in [1.165, 1.54) is 11.3 Å². The molecule has 2 heterocycles. The molecular weight excluding hydrogens is 224 g/mol. The minimum atomic E-state index is -0.857. The van der Waals surface area contributed by atoms with Crippen molar-refractivity contribution in [3.05, 3.63) is 17.8 Å². The van der Waals surface area contributed by atoms with Crippen LogP contribution in [-0.2, 0) is 4.79 Å². The summed E-state index contributed by atoms with van der Waals surface area (Å²) >= 11 is 0. The van der Waals surface area contributed by atoms with Gasteiger partial charge in [0.05, 0.1) is 5.92 Å². The number of carboxylic acid groups (broad SMARTS) is 1. The monoisotopic (exact) mass is 238 g/mol. The molecule has 1 aromatic heterocycles. The molecular formula is C11H14N2O4. The van der Waals surface area contributed by atoms with Crippen LogP contribution in [0, 0.1) is 18.8 Å². The Hall–Kier alpha value is -1.85. The Balaban J connectivity index is 2.13. The summed E-state index contributed by atoms with van der Waals surface area (Å²) in [7, 11) is 0. The zero-order valence-corrected chi connectivity index (χ0v) is 9.71. The molecule has 0 saturated carbocycles. The molecule has 0 bridgehead atoms. The Bertz CT molecular complexity index is 454. The number of amides is 1. The van der Waals surface area contributed by atoms with Gasteiger partial charge < -0.3 is 14.4 Å². The van der Waals surface area contributed by atoms with E-state index in [4.69, 9.17) is 9.52 Å². The third kappa shape index (κ3) is 2.02. The quantitative estimate of drug-likeness (QED) is 0.822. The molecule has 0 unspecified atom stereocenters. The van der Waals surface area contributed by atoms with Gasteiger partial charge in [0.25, 0.3) is 5.91 Å². The number of aryl methyl sites for hydroxylation is 1. The molecule has 0 spiro atoms. The summed E-state index contributed by atoms with van der Waals surface area (Å²) in [6.45, 7) is 4.18. The average molecular weight is 238 g/mol. The molecule has 2 atom stereocenters. The van der Waals surface area contributed by atoms with E-state index in [0.29, 0.717) is 12.3 Å². The van der Waals surface area contributed by atoms with Crippen LogP contribution in [0.25, 0.3) is 0 Å². The van der Waals surface area contributed by atoms with Crippen molar-refractivity contribution in [3.63, 3.8) is 0 Å². The summed E-state index contributed by atoms with van der Waals surface area (Å²) in [5.74, 6) is -1.19. The molecule has 92 valence electrons. The number of carbonyl (C=O) groups is 2. The predicted molar refractivity (Wildman–Crippen MR) is 57.4 cm³/mol. The van der Waals surface area contributed by atoms with Crippen molar-refractivity contribution >= 4 is 11.9 Å². The van der Waals surface area contributed by atoms with Crippen LogP contribution in [0.1, 0.15) is 23.2 Å². The molecule has 0 radical (unpaired) electrons. The molecule has 0 aliphatic carbocycles. The Labute approximate surface area is 98.2 Å². The molecule has 1 N–H and O–H groups in total. The Morgan fingerprint density at radius 1 is 1.53 bits per heavy atom. The van der Waals surface area contributed by atoms with E-state index in [0.717, 1.165) is 0 Å². The minimum absolute atomic E-state index is 0.0383. The van der Waals surface area contributed by atoms with Gasteiger partial charge in [-0.2, -0.15) is 0 Å². The van der Waals surface area contributed by atoms with Gasteiger partial charge in [-0.15, -0.1) is 0 Å². The standard InChI is InChI=1S/C11H14N2O4/c1-6-3-13(4-8(6)11(15)16)10(14)9-7(2)17-5-12-9/h5-6,8H,3-4H2,1-2H3,(H,15,16)/t6-,8-/m1/s1. The fourth-order valence-corrected chi connectivity index (χ4v) is 2.11. The van der Waals surface area contributed by atoms with Crippen molar-refractivity contribution in [2.24, 2.45) is 11.8 Å². The van der Waals surface area contributed by atoms with E-state index in [2.05, 4.69) is 4.98 Å². The van der Waals surface area contributed by atoms with E-state index in [9.17, 15) is 9.59 Å². The number of hydrogen-bond donors (Lipinski definition) is 1. The Kier molecular flexibility index (Phi) is 2.87. The number of oxazole rings is 1. The van der Waals surface area contributed by atoms with Crippen LogP contribution in [0.15, 0.2) is 10.8 Å². The van der Waals surface area contributed by atoms with E-state index in [1.54, 1.807) is 6.92 Å². The highest BCUT2D eigenvalue weighted by atomic mass is 16.4. The van der Waals surface area contributed by atoms with E-state index >= 15 is 0 Å². The van der Waals surface area contributed by atoms with Gasteiger partial charge in [-0.05, 0) is 12.8 Å². The number of rotatable bonds is 2. The zero-order valence-electron chi connectivity index (χ0n) is 9.71. The molecule has 1 aliphatic rings. The third-order valence-corrected chi connectivity index (χ3v) is 3.16. The first-order valence-corrected chi connectivity index (χ1v) is 5.43. The maximum atomic E-state index is 12.1. The number of carbonyl (C=O) groups excluding carboxylic acids is 1. The summed E-state index contributed by atoms with van der Waals surface area (Å²) in [4.78, 5) is 28.4. The summed E-state index contributed by atoms with van der Waals surface area (Å²) in [6, 6.07) is 0. The molecule has 2 rings (SSSR count). The summed E-state index contributed by atoms with van der Waals surface area (Å²) in [5.41, 5.74) is 0.267. The summed E-state index contributed by atoms with van der Waals surface area (Å²) in [5, 5.41) is 9.00. The highest BCUT2D eigenvalue weighted by Gasteiger charge is 2.38. The number of likely N-dealkylation sites (tertiary alicyclic amines) is 1. The molecule has 1 aliphatic heterocycles. The maximum absolute atomic E-state index is 12.1. The lowest BCUT2D eigenvalue weighted by molar-refractivity contribution is -0.142. The SMILES string of the molecule is Cc1ocnc1C(=O)N1C[C@@H](C)[C@H](C(=O)O)C1. The number of aromatic nitrogens is 1. The van der Waals surface area contributed by atoms with Gasteiger partial charge in [0.15, 0.2) is 12.1 Å². The first kappa shape index (κ1) is 11.6. The van der Waals surface area contributed by atoms with E-state index < -0.39 is 11.9 Å². The molecule has 6 nitrogen and oxygen atoms in total. The first-order valence-electron chi connectivity index (χ1n) is 5.43. The normalized spacial score (nSPS) is 24.0. The summed E-state index contributed by atoms with van der Waals surface area (Å²) < 4.78 is 4.97. The largest absolute Gasteiger partial charge is 0.481 e.